The fourth-order valence-corrected chi connectivity index (χ4v) is 1.87. The molecule has 0 saturated carbocycles. The van der Waals surface area contributed by atoms with E-state index in [1.54, 1.807) is 17.1 Å². The van der Waals surface area contributed by atoms with E-state index in [1.807, 2.05) is 0 Å². The number of likely N-dealkylation sites (tertiary alicyclic amines) is 1. The second-order valence-electron chi connectivity index (χ2n) is 4.31. The molecular weight excluding hydrogens is 242 g/mol. The van der Waals surface area contributed by atoms with Gasteiger partial charge in [-0.25, -0.2) is 4.79 Å². The molecule has 5 heteroatoms. The van der Waals surface area contributed by atoms with E-state index in [-0.39, 0.29) is 12.5 Å². The summed E-state index contributed by atoms with van der Waals surface area (Å²) in [4.78, 5) is 25.2. The Morgan fingerprint density at radius 2 is 1.84 bits per heavy atom. The normalized spacial score (nSPS) is 15.6. The van der Waals surface area contributed by atoms with Crippen molar-refractivity contribution in [3.63, 3.8) is 0 Å². The Balaban J connectivity index is 2.32. The van der Waals surface area contributed by atoms with Crippen LogP contribution in [0.25, 0.3) is 0 Å². The molecule has 2 N–H and O–H groups in total. The lowest BCUT2D eigenvalue weighted by Crippen LogP contribution is -2.45. The number of urea groups is 1. The molecule has 1 fully saturated rings. The first-order valence-electron chi connectivity index (χ1n) is 6.45. The molecule has 0 spiro atoms. The van der Waals surface area contributed by atoms with Gasteiger partial charge in [0.05, 0.1) is 6.54 Å². The number of hydrogen-bond donors (Lipinski definition) is 2. The van der Waals surface area contributed by atoms with E-state index < -0.39 is 6.03 Å². The second kappa shape index (κ2) is 8.13. The topological polar surface area (TPSA) is 61.4 Å². The number of amides is 3. The van der Waals surface area contributed by atoms with Gasteiger partial charge in [0, 0.05) is 18.8 Å². The molecule has 0 radical (unpaired) electrons. The lowest BCUT2D eigenvalue weighted by molar-refractivity contribution is -0.130. The number of allylic oxidation sites excluding steroid dienone is 3. The van der Waals surface area contributed by atoms with Gasteiger partial charge in [0.25, 0.3) is 0 Å². The van der Waals surface area contributed by atoms with E-state index in [2.05, 4.69) is 23.8 Å². The van der Waals surface area contributed by atoms with Crippen LogP contribution in [-0.2, 0) is 4.79 Å². The van der Waals surface area contributed by atoms with Gasteiger partial charge in [-0.05, 0) is 31.4 Å². The third kappa shape index (κ3) is 5.42. The van der Waals surface area contributed by atoms with Gasteiger partial charge in [-0.15, -0.1) is 0 Å². The zero-order valence-corrected chi connectivity index (χ0v) is 11.2. The van der Waals surface area contributed by atoms with Crippen LogP contribution in [0.3, 0.4) is 0 Å². The Labute approximate surface area is 114 Å². The fraction of sp³-hybridized carbons (Fsp3) is 0.429. The molecular formula is C14H21N3O2. The average molecular weight is 263 g/mol. The lowest BCUT2D eigenvalue weighted by Gasteiger charge is -2.26. The maximum Gasteiger partial charge on any atom is 0.319 e. The lowest BCUT2D eigenvalue weighted by atomic mass is 10.1. The Hall–Kier alpha value is -2.04. The number of hydrogen-bond acceptors (Lipinski definition) is 2. The van der Waals surface area contributed by atoms with Crippen LogP contribution in [0.1, 0.15) is 19.3 Å². The molecule has 1 aliphatic heterocycles. The van der Waals surface area contributed by atoms with Gasteiger partial charge in [-0.1, -0.05) is 19.2 Å². The van der Waals surface area contributed by atoms with Gasteiger partial charge >= 0.3 is 6.03 Å². The largest absolute Gasteiger partial charge is 0.341 e. The van der Waals surface area contributed by atoms with Crippen LogP contribution < -0.4 is 10.6 Å². The SMILES string of the molecule is C=C/C=C(\C=C)NC(=O)NCC(=O)N1CCCCC1. The average Bonchev–Trinajstić information content (AvgIpc) is 2.45. The third-order valence-electron chi connectivity index (χ3n) is 2.88. The molecule has 0 bridgehead atoms. The van der Waals surface area contributed by atoms with Gasteiger partial charge in [-0.3, -0.25) is 4.79 Å². The highest BCUT2D eigenvalue weighted by Crippen LogP contribution is 2.08. The minimum Gasteiger partial charge on any atom is -0.341 e. The third-order valence-corrected chi connectivity index (χ3v) is 2.88. The van der Waals surface area contributed by atoms with Crippen molar-refractivity contribution in [2.24, 2.45) is 0 Å². The Kier molecular flexibility index (Phi) is 6.43. The number of carbonyl (C=O) groups is 2. The van der Waals surface area contributed by atoms with E-state index >= 15 is 0 Å². The van der Waals surface area contributed by atoms with Crippen molar-refractivity contribution in [3.8, 4) is 0 Å². The minimum absolute atomic E-state index is 0.0182. The van der Waals surface area contributed by atoms with E-state index in [0.29, 0.717) is 5.70 Å². The number of nitrogens with zero attached hydrogens (tertiary/aromatic N) is 1. The quantitative estimate of drug-likeness (QED) is 0.739. The minimum atomic E-state index is -0.418. The highest BCUT2D eigenvalue weighted by molar-refractivity contribution is 5.84. The van der Waals surface area contributed by atoms with Crippen LogP contribution in [0.15, 0.2) is 37.1 Å². The molecule has 1 aliphatic rings. The van der Waals surface area contributed by atoms with Gasteiger partial charge in [-0.2, -0.15) is 0 Å². The zero-order chi connectivity index (χ0) is 14.1. The summed E-state index contributed by atoms with van der Waals surface area (Å²) >= 11 is 0. The van der Waals surface area contributed by atoms with Crippen molar-refractivity contribution in [2.75, 3.05) is 19.6 Å². The second-order valence-corrected chi connectivity index (χ2v) is 4.31. The molecule has 1 rings (SSSR count). The van der Waals surface area contributed by atoms with Gasteiger partial charge < -0.3 is 15.5 Å². The van der Waals surface area contributed by atoms with Crippen LogP contribution in [0.4, 0.5) is 4.79 Å². The van der Waals surface area contributed by atoms with Gasteiger partial charge in [0.15, 0.2) is 0 Å². The molecule has 0 aliphatic carbocycles. The standard InChI is InChI=1S/C14H21N3O2/c1-3-8-12(4-2)16-14(19)15-11-13(18)17-9-6-5-7-10-17/h3-4,8H,1-2,5-7,9-11H2,(H2,15,16,19)/b12-8+. The van der Waals surface area contributed by atoms with E-state index in [0.717, 1.165) is 25.9 Å². The first-order valence-corrected chi connectivity index (χ1v) is 6.45. The van der Waals surface area contributed by atoms with Gasteiger partial charge in [0.1, 0.15) is 0 Å². The van der Waals surface area contributed by atoms with E-state index in [4.69, 9.17) is 0 Å². The van der Waals surface area contributed by atoms with Crippen LogP contribution in [0.2, 0.25) is 0 Å². The first kappa shape index (κ1) is 15.0. The molecule has 19 heavy (non-hydrogen) atoms. The van der Waals surface area contributed by atoms with Crippen molar-refractivity contribution in [1.82, 2.24) is 15.5 Å². The number of nitrogens with one attached hydrogen (secondary N) is 2. The summed E-state index contributed by atoms with van der Waals surface area (Å²) in [5, 5.41) is 5.12. The number of carbonyl (C=O) groups excluding carboxylic acids is 2. The monoisotopic (exact) mass is 263 g/mol. The zero-order valence-electron chi connectivity index (χ0n) is 11.2. The molecule has 104 valence electrons. The molecule has 0 aromatic heterocycles. The molecule has 3 amide bonds. The Bertz CT molecular complexity index is 382. The van der Waals surface area contributed by atoms with Crippen molar-refractivity contribution in [1.29, 1.82) is 0 Å². The van der Waals surface area contributed by atoms with Crippen LogP contribution in [-0.4, -0.2) is 36.5 Å². The van der Waals surface area contributed by atoms with Crippen LogP contribution >= 0.6 is 0 Å². The molecule has 5 nitrogen and oxygen atoms in total. The Morgan fingerprint density at radius 1 is 1.16 bits per heavy atom. The molecule has 0 atom stereocenters. The summed E-state index contributed by atoms with van der Waals surface area (Å²) in [7, 11) is 0. The summed E-state index contributed by atoms with van der Waals surface area (Å²) in [5.74, 6) is -0.0392. The molecule has 0 aromatic carbocycles. The summed E-state index contributed by atoms with van der Waals surface area (Å²) in [5.41, 5.74) is 0.540. The highest BCUT2D eigenvalue weighted by atomic mass is 16.2. The summed E-state index contributed by atoms with van der Waals surface area (Å²) in [6.07, 6.45) is 7.94. The molecule has 0 aromatic rings. The smallest absolute Gasteiger partial charge is 0.319 e. The molecule has 1 heterocycles. The van der Waals surface area contributed by atoms with Crippen molar-refractivity contribution >= 4 is 11.9 Å². The van der Waals surface area contributed by atoms with E-state index in [9.17, 15) is 9.59 Å². The Morgan fingerprint density at radius 3 is 2.42 bits per heavy atom. The predicted octanol–water partition coefficient (Wildman–Crippen LogP) is 1.55. The summed E-state index contributed by atoms with van der Waals surface area (Å²) in [6, 6.07) is -0.418. The van der Waals surface area contributed by atoms with Crippen LogP contribution in [0, 0.1) is 0 Å². The first-order chi connectivity index (χ1) is 9.17. The maximum absolute atomic E-state index is 11.8. The number of piperidine rings is 1. The van der Waals surface area contributed by atoms with E-state index in [1.165, 1.54) is 12.5 Å². The molecule has 0 unspecified atom stereocenters. The number of rotatable bonds is 5. The fourth-order valence-electron chi connectivity index (χ4n) is 1.87. The molecule has 1 saturated heterocycles. The van der Waals surface area contributed by atoms with Crippen molar-refractivity contribution in [3.05, 3.63) is 37.1 Å². The van der Waals surface area contributed by atoms with Crippen molar-refractivity contribution in [2.45, 2.75) is 19.3 Å². The van der Waals surface area contributed by atoms with Gasteiger partial charge in [0.2, 0.25) is 5.91 Å². The van der Waals surface area contributed by atoms with Crippen molar-refractivity contribution < 1.29 is 9.59 Å². The maximum atomic E-state index is 11.8. The summed E-state index contributed by atoms with van der Waals surface area (Å²) < 4.78 is 0. The van der Waals surface area contributed by atoms with Crippen LogP contribution in [0.5, 0.6) is 0 Å². The predicted molar refractivity (Wildman–Crippen MR) is 75.4 cm³/mol. The highest BCUT2D eigenvalue weighted by Gasteiger charge is 2.16. The summed E-state index contributed by atoms with van der Waals surface area (Å²) in [6.45, 7) is 8.70.